The summed E-state index contributed by atoms with van der Waals surface area (Å²) in [5.74, 6) is -1.02. The van der Waals surface area contributed by atoms with Gasteiger partial charge in [-0.2, -0.15) is 0 Å². The summed E-state index contributed by atoms with van der Waals surface area (Å²) < 4.78 is 32.7. The quantitative estimate of drug-likeness (QED) is 0.0151. The first-order valence-corrected chi connectivity index (χ1v) is 24.8. The van der Waals surface area contributed by atoms with Crippen molar-refractivity contribution in [1.82, 2.24) is 0 Å². The molecule has 12 heteroatoms. The molecule has 61 heavy (non-hydrogen) atoms. The zero-order valence-electron chi connectivity index (χ0n) is 37.8. The third-order valence-corrected chi connectivity index (χ3v) is 10.4. The first kappa shape index (κ1) is 58.1. The summed E-state index contributed by atoms with van der Waals surface area (Å²) in [6.45, 7) is 3.30. The lowest BCUT2D eigenvalue weighted by Crippen LogP contribution is -2.29. The van der Waals surface area contributed by atoms with Crippen molar-refractivity contribution in [3.8, 4) is 0 Å². The van der Waals surface area contributed by atoms with Crippen molar-refractivity contribution in [3.05, 3.63) is 85.1 Å². The van der Waals surface area contributed by atoms with Gasteiger partial charge in [0, 0.05) is 19.4 Å². The van der Waals surface area contributed by atoms with E-state index in [1.807, 2.05) is 42.5 Å². The van der Waals surface area contributed by atoms with E-state index in [1.165, 1.54) is 83.5 Å². The van der Waals surface area contributed by atoms with Gasteiger partial charge in [-0.05, 0) is 64.2 Å². The van der Waals surface area contributed by atoms with Crippen LogP contribution >= 0.6 is 7.82 Å². The number of carbonyl (C=O) groups is 2. The largest absolute Gasteiger partial charge is 0.472 e. The Labute approximate surface area is 369 Å². The second kappa shape index (κ2) is 43.7. The van der Waals surface area contributed by atoms with Crippen molar-refractivity contribution in [2.45, 2.75) is 186 Å². The molecule has 4 atom stereocenters. The van der Waals surface area contributed by atoms with Crippen molar-refractivity contribution in [3.63, 3.8) is 0 Å². The SMILES string of the molecule is CC/C=C\C[C@H](O)/C=C/C=C\C/C=C\C=C\[C@H](O)/C=C\CCCC(=O)O[C@H](COC(=O)CCCCCCCCCCC/C=C\CCCCCCCC)COP(=O)(O)OCCN. The predicted molar refractivity (Wildman–Crippen MR) is 250 cm³/mol. The van der Waals surface area contributed by atoms with E-state index in [0.29, 0.717) is 32.1 Å². The number of ether oxygens (including phenoxy) is 2. The number of aliphatic hydroxyl groups is 2. The number of rotatable bonds is 42. The monoisotopic (exact) mass is 878 g/mol. The fourth-order valence-corrected chi connectivity index (χ4v) is 6.72. The molecule has 0 radical (unpaired) electrons. The van der Waals surface area contributed by atoms with Gasteiger partial charge in [-0.25, -0.2) is 4.57 Å². The minimum Gasteiger partial charge on any atom is -0.462 e. The highest BCUT2D eigenvalue weighted by Gasteiger charge is 2.26. The van der Waals surface area contributed by atoms with Gasteiger partial charge in [-0.3, -0.25) is 18.6 Å². The Kier molecular flexibility index (Phi) is 41.7. The first-order valence-electron chi connectivity index (χ1n) is 23.3. The Morgan fingerprint density at radius 1 is 0.607 bits per heavy atom. The maximum absolute atomic E-state index is 12.6. The molecule has 0 amide bonds. The third kappa shape index (κ3) is 43.5. The minimum absolute atomic E-state index is 0.0158. The van der Waals surface area contributed by atoms with E-state index in [1.54, 1.807) is 30.4 Å². The smallest absolute Gasteiger partial charge is 0.462 e. The van der Waals surface area contributed by atoms with Gasteiger partial charge in [0.2, 0.25) is 0 Å². The lowest BCUT2D eigenvalue weighted by Gasteiger charge is -2.19. The first-order chi connectivity index (χ1) is 29.6. The number of aliphatic hydroxyl groups excluding tert-OH is 2. The molecule has 0 fully saturated rings. The molecule has 0 aliphatic heterocycles. The van der Waals surface area contributed by atoms with E-state index in [0.717, 1.165) is 25.7 Å². The fourth-order valence-electron chi connectivity index (χ4n) is 5.96. The van der Waals surface area contributed by atoms with Crippen LogP contribution in [0.5, 0.6) is 0 Å². The summed E-state index contributed by atoms with van der Waals surface area (Å²) >= 11 is 0. The summed E-state index contributed by atoms with van der Waals surface area (Å²) in [7, 11) is -4.44. The number of phosphoric ester groups is 1. The maximum Gasteiger partial charge on any atom is 0.472 e. The van der Waals surface area contributed by atoms with E-state index in [9.17, 15) is 29.3 Å². The molecule has 0 spiro atoms. The Bertz CT molecular complexity index is 1310. The molecule has 0 heterocycles. The normalized spacial score (nSPS) is 15.0. The van der Waals surface area contributed by atoms with Crippen LogP contribution in [0.4, 0.5) is 0 Å². The molecule has 0 aromatic rings. The summed E-state index contributed by atoms with van der Waals surface area (Å²) in [5.41, 5.74) is 5.34. The number of hydrogen-bond donors (Lipinski definition) is 4. The molecular weight excluding hydrogens is 794 g/mol. The van der Waals surface area contributed by atoms with Gasteiger partial charge in [-0.1, -0.05) is 176 Å². The summed E-state index contributed by atoms with van der Waals surface area (Å²) in [5, 5.41) is 20.0. The van der Waals surface area contributed by atoms with E-state index in [2.05, 4.69) is 26.0 Å². The molecule has 0 saturated carbocycles. The van der Waals surface area contributed by atoms with Crippen molar-refractivity contribution < 1.29 is 47.8 Å². The van der Waals surface area contributed by atoms with Gasteiger partial charge >= 0.3 is 19.8 Å². The van der Waals surface area contributed by atoms with Crippen LogP contribution in [0.25, 0.3) is 0 Å². The Balaban J connectivity index is 4.36. The Hall–Kier alpha value is -2.89. The van der Waals surface area contributed by atoms with Gasteiger partial charge in [0.1, 0.15) is 6.61 Å². The minimum atomic E-state index is -4.44. The van der Waals surface area contributed by atoms with Crippen molar-refractivity contribution in [1.29, 1.82) is 0 Å². The van der Waals surface area contributed by atoms with Crippen molar-refractivity contribution in [2.75, 3.05) is 26.4 Å². The van der Waals surface area contributed by atoms with E-state index < -0.39 is 44.7 Å². The van der Waals surface area contributed by atoms with Gasteiger partial charge in [0.05, 0.1) is 25.4 Å². The topological polar surface area (TPSA) is 175 Å². The molecule has 11 nitrogen and oxygen atoms in total. The average molecular weight is 878 g/mol. The molecule has 0 aliphatic carbocycles. The lowest BCUT2D eigenvalue weighted by molar-refractivity contribution is -0.161. The molecule has 0 aromatic carbocycles. The standard InChI is InChI=1S/C49H84NO10P/c1-3-5-7-8-9-10-11-12-13-14-15-16-17-18-19-20-24-27-33-39-48(53)57-43-47(44-59-61(55,56)58-42-41-50)60-49(54)40-34-28-32-38-46(52)37-31-26-23-21-22-25-30-36-45(51)35-29-6-4-2/h6,12-13,22-23,25-26,29-32,36-38,45-47,51-52H,3-5,7-11,14-21,24,27-28,33-35,39-44,50H2,1-2H3,(H,55,56)/b13-12-,25-22-,26-23-,29-6-,36-30+,37-31+,38-32-/t45-,46-,47+/m0/s1. The summed E-state index contributed by atoms with van der Waals surface area (Å²) in [6, 6.07) is 0. The average Bonchev–Trinajstić information content (AvgIpc) is 3.24. The van der Waals surface area contributed by atoms with Gasteiger partial charge in [0.15, 0.2) is 6.10 Å². The Morgan fingerprint density at radius 2 is 1.18 bits per heavy atom. The fraction of sp³-hybridized carbons (Fsp3) is 0.673. The Morgan fingerprint density at radius 3 is 1.80 bits per heavy atom. The van der Waals surface area contributed by atoms with Crippen LogP contribution in [-0.4, -0.2) is 71.7 Å². The molecule has 0 aliphatic rings. The number of esters is 2. The number of phosphoric acid groups is 1. The zero-order valence-corrected chi connectivity index (χ0v) is 38.7. The predicted octanol–water partition coefficient (Wildman–Crippen LogP) is 11.6. The van der Waals surface area contributed by atoms with Crippen LogP contribution in [0, 0.1) is 0 Å². The third-order valence-electron chi connectivity index (χ3n) is 9.44. The van der Waals surface area contributed by atoms with Crippen LogP contribution in [0.2, 0.25) is 0 Å². The molecule has 1 unspecified atom stereocenters. The number of unbranched alkanes of at least 4 members (excludes halogenated alkanes) is 16. The molecule has 0 rings (SSSR count). The number of nitrogens with two attached hydrogens (primary N) is 1. The van der Waals surface area contributed by atoms with Gasteiger partial charge in [-0.15, -0.1) is 0 Å². The van der Waals surface area contributed by atoms with Crippen molar-refractivity contribution >= 4 is 19.8 Å². The molecule has 0 saturated heterocycles. The van der Waals surface area contributed by atoms with Crippen LogP contribution < -0.4 is 5.73 Å². The number of allylic oxidation sites excluding steroid dienone is 10. The molecule has 5 N–H and O–H groups in total. The second-order valence-electron chi connectivity index (χ2n) is 15.3. The van der Waals surface area contributed by atoms with Gasteiger partial charge < -0.3 is 30.3 Å². The van der Waals surface area contributed by atoms with Crippen LogP contribution in [0.15, 0.2) is 85.1 Å². The van der Waals surface area contributed by atoms with E-state index in [4.69, 9.17) is 24.3 Å². The van der Waals surface area contributed by atoms with Crippen LogP contribution in [0.3, 0.4) is 0 Å². The van der Waals surface area contributed by atoms with Gasteiger partial charge in [0.25, 0.3) is 0 Å². The van der Waals surface area contributed by atoms with E-state index >= 15 is 0 Å². The van der Waals surface area contributed by atoms with Crippen LogP contribution in [-0.2, 0) is 32.7 Å². The highest BCUT2D eigenvalue weighted by atomic mass is 31.2. The lowest BCUT2D eigenvalue weighted by atomic mass is 10.1. The molecule has 0 aromatic heterocycles. The van der Waals surface area contributed by atoms with Crippen LogP contribution in [0.1, 0.15) is 168 Å². The second-order valence-corrected chi connectivity index (χ2v) is 16.7. The molecule has 0 bridgehead atoms. The highest BCUT2D eigenvalue weighted by molar-refractivity contribution is 7.47. The number of carbonyl (C=O) groups excluding carboxylic acids is 2. The van der Waals surface area contributed by atoms with E-state index in [-0.39, 0.29) is 32.6 Å². The highest BCUT2D eigenvalue weighted by Crippen LogP contribution is 2.43. The zero-order chi connectivity index (χ0) is 44.9. The van der Waals surface area contributed by atoms with Crippen molar-refractivity contribution in [2.24, 2.45) is 5.73 Å². The summed E-state index contributed by atoms with van der Waals surface area (Å²) in [4.78, 5) is 34.9. The molecule has 350 valence electrons. The maximum atomic E-state index is 12.6. The summed E-state index contributed by atoms with van der Waals surface area (Å²) in [6.07, 6.45) is 48.3. The molecular formula is C49H84NO10P. The number of hydrogen-bond acceptors (Lipinski definition) is 10.